The van der Waals surface area contributed by atoms with Gasteiger partial charge in [-0.3, -0.25) is 4.68 Å². The van der Waals surface area contributed by atoms with Crippen LogP contribution in [0.3, 0.4) is 0 Å². The lowest BCUT2D eigenvalue weighted by Gasteiger charge is -1.96. The van der Waals surface area contributed by atoms with Crippen LogP contribution in [-0.2, 0) is 6.54 Å². The molecular weight excluding hydrogens is 168 g/mol. The van der Waals surface area contributed by atoms with Crippen LogP contribution in [0.1, 0.15) is 10.6 Å². The quantitative estimate of drug-likeness (QED) is 0.690. The highest BCUT2D eigenvalue weighted by atomic mass is 32.1. The molecule has 0 saturated heterocycles. The Bertz CT molecular complexity index is 348. The Labute approximate surface area is 75.5 Å². The molecule has 0 aromatic carbocycles. The summed E-state index contributed by atoms with van der Waals surface area (Å²) in [5.74, 6) is 0. The Kier molecular flexibility index (Phi) is 1.96. The summed E-state index contributed by atoms with van der Waals surface area (Å²) in [5, 5.41) is 6.40. The molecule has 2 heterocycles. The van der Waals surface area contributed by atoms with E-state index in [1.807, 2.05) is 23.9 Å². The predicted molar refractivity (Wildman–Crippen MR) is 50.4 cm³/mol. The lowest BCUT2D eigenvalue weighted by molar-refractivity contribution is 0.687. The van der Waals surface area contributed by atoms with Crippen molar-refractivity contribution >= 4 is 11.3 Å². The van der Waals surface area contributed by atoms with Gasteiger partial charge in [0.05, 0.1) is 12.2 Å². The maximum atomic E-state index is 4.31. The molecule has 0 spiro atoms. The lowest BCUT2D eigenvalue weighted by atomic mass is 10.5. The molecule has 0 amide bonds. The molecule has 62 valence electrons. The van der Waals surface area contributed by atoms with E-state index in [2.05, 4.69) is 22.6 Å². The smallest absolute Gasteiger partial charge is 0.0752 e. The van der Waals surface area contributed by atoms with Gasteiger partial charge in [-0.15, -0.1) is 11.3 Å². The molecule has 0 aliphatic carbocycles. The van der Waals surface area contributed by atoms with Crippen molar-refractivity contribution in [3.63, 3.8) is 0 Å². The number of aromatic nitrogens is 2. The van der Waals surface area contributed by atoms with E-state index in [9.17, 15) is 0 Å². The molecule has 2 aromatic heterocycles. The van der Waals surface area contributed by atoms with Crippen LogP contribution in [-0.4, -0.2) is 9.78 Å². The largest absolute Gasteiger partial charge is 0.267 e. The first kappa shape index (κ1) is 7.55. The van der Waals surface area contributed by atoms with Crippen LogP contribution < -0.4 is 0 Å². The van der Waals surface area contributed by atoms with E-state index in [1.54, 1.807) is 11.3 Å². The topological polar surface area (TPSA) is 17.8 Å². The second-order valence-electron chi connectivity index (χ2n) is 2.73. The minimum absolute atomic E-state index is 0.894. The maximum absolute atomic E-state index is 4.31. The molecule has 0 bridgehead atoms. The van der Waals surface area contributed by atoms with Crippen molar-refractivity contribution < 1.29 is 0 Å². The molecule has 2 nitrogen and oxygen atoms in total. The highest BCUT2D eigenvalue weighted by Gasteiger charge is 1.96. The van der Waals surface area contributed by atoms with E-state index in [1.165, 1.54) is 4.88 Å². The Morgan fingerprint density at radius 1 is 1.50 bits per heavy atom. The van der Waals surface area contributed by atoms with Crippen molar-refractivity contribution in [2.75, 3.05) is 0 Å². The Hall–Kier alpha value is -1.09. The van der Waals surface area contributed by atoms with Crippen LogP contribution in [0.4, 0.5) is 0 Å². The van der Waals surface area contributed by atoms with Gasteiger partial charge in [0, 0.05) is 11.1 Å². The number of nitrogens with zero attached hydrogens (tertiary/aromatic N) is 2. The van der Waals surface area contributed by atoms with Gasteiger partial charge in [0.25, 0.3) is 0 Å². The van der Waals surface area contributed by atoms with Crippen LogP contribution in [0.5, 0.6) is 0 Å². The molecule has 0 saturated carbocycles. The molecule has 0 unspecified atom stereocenters. The summed E-state index contributed by atoms with van der Waals surface area (Å²) in [4.78, 5) is 1.35. The van der Waals surface area contributed by atoms with E-state index in [-0.39, 0.29) is 0 Å². The third kappa shape index (κ3) is 1.56. The van der Waals surface area contributed by atoms with Gasteiger partial charge in [-0.2, -0.15) is 5.10 Å². The van der Waals surface area contributed by atoms with E-state index in [4.69, 9.17) is 0 Å². The number of aryl methyl sites for hydroxylation is 1. The fourth-order valence-corrected chi connectivity index (χ4v) is 1.81. The zero-order chi connectivity index (χ0) is 8.39. The summed E-state index contributed by atoms with van der Waals surface area (Å²) in [7, 11) is 0. The Balaban J connectivity index is 2.14. The summed E-state index contributed by atoms with van der Waals surface area (Å²) in [6.07, 6.45) is 2.01. The predicted octanol–water partition coefficient (Wildman–Crippen LogP) is 2.30. The molecule has 12 heavy (non-hydrogen) atoms. The minimum Gasteiger partial charge on any atom is -0.267 e. The fraction of sp³-hybridized carbons (Fsp3) is 0.222. The molecular formula is C9H10N2S. The minimum atomic E-state index is 0.894. The fourth-order valence-electron chi connectivity index (χ4n) is 1.11. The number of rotatable bonds is 2. The molecule has 3 heteroatoms. The average molecular weight is 178 g/mol. The summed E-state index contributed by atoms with van der Waals surface area (Å²) >= 11 is 1.77. The van der Waals surface area contributed by atoms with Gasteiger partial charge in [-0.25, -0.2) is 0 Å². The summed E-state index contributed by atoms with van der Waals surface area (Å²) in [6.45, 7) is 2.90. The molecule has 0 fully saturated rings. The molecule has 2 aromatic rings. The van der Waals surface area contributed by atoms with Crippen LogP contribution >= 0.6 is 11.3 Å². The van der Waals surface area contributed by atoms with Gasteiger partial charge in [-0.1, -0.05) is 6.07 Å². The molecule has 0 radical (unpaired) electrons. The third-order valence-electron chi connectivity index (χ3n) is 1.67. The second kappa shape index (κ2) is 3.11. The van der Waals surface area contributed by atoms with Gasteiger partial charge >= 0.3 is 0 Å². The van der Waals surface area contributed by atoms with Crippen LogP contribution in [0.2, 0.25) is 0 Å². The average Bonchev–Trinajstić information content (AvgIpc) is 2.63. The number of hydrogen-bond donors (Lipinski definition) is 0. The molecule has 2 rings (SSSR count). The van der Waals surface area contributed by atoms with Gasteiger partial charge in [0.1, 0.15) is 0 Å². The van der Waals surface area contributed by atoms with Crippen LogP contribution in [0, 0.1) is 6.92 Å². The van der Waals surface area contributed by atoms with Crippen LogP contribution in [0.25, 0.3) is 0 Å². The van der Waals surface area contributed by atoms with Gasteiger partial charge in [0.2, 0.25) is 0 Å². The molecule has 0 aliphatic heterocycles. The summed E-state index contributed by atoms with van der Waals surface area (Å²) in [6, 6.07) is 6.21. The van der Waals surface area contributed by atoms with Gasteiger partial charge in [-0.05, 0) is 24.4 Å². The van der Waals surface area contributed by atoms with E-state index in [0.29, 0.717) is 0 Å². The Morgan fingerprint density at radius 2 is 2.42 bits per heavy atom. The standard InChI is InChI=1S/C9H10N2S/c1-8-4-5-11(10-8)7-9-3-2-6-12-9/h2-6H,7H2,1H3. The normalized spacial score (nSPS) is 10.4. The lowest BCUT2D eigenvalue weighted by Crippen LogP contribution is -1.97. The van der Waals surface area contributed by atoms with E-state index in [0.717, 1.165) is 12.2 Å². The number of hydrogen-bond acceptors (Lipinski definition) is 2. The van der Waals surface area contributed by atoms with Crippen molar-refractivity contribution in [2.45, 2.75) is 13.5 Å². The molecule has 0 aliphatic rings. The number of thiophene rings is 1. The van der Waals surface area contributed by atoms with Crippen molar-refractivity contribution in [3.8, 4) is 0 Å². The zero-order valence-corrected chi connectivity index (χ0v) is 7.71. The monoisotopic (exact) mass is 178 g/mol. The zero-order valence-electron chi connectivity index (χ0n) is 6.90. The second-order valence-corrected chi connectivity index (χ2v) is 3.77. The summed E-state index contributed by atoms with van der Waals surface area (Å²) < 4.78 is 1.96. The first-order valence-electron chi connectivity index (χ1n) is 3.87. The van der Waals surface area contributed by atoms with Crippen LogP contribution in [0.15, 0.2) is 29.8 Å². The third-order valence-corrected chi connectivity index (χ3v) is 2.53. The van der Waals surface area contributed by atoms with Crippen molar-refractivity contribution in [2.24, 2.45) is 0 Å². The first-order chi connectivity index (χ1) is 5.84. The van der Waals surface area contributed by atoms with Crippen molar-refractivity contribution in [1.29, 1.82) is 0 Å². The highest BCUT2D eigenvalue weighted by Crippen LogP contribution is 2.09. The highest BCUT2D eigenvalue weighted by molar-refractivity contribution is 7.09. The SMILES string of the molecule is Cc1ccn(Cc2cccs2)n1. The van der Waals surface area contributed by atoms with Crippen molar-refractivity contribution in [1.82, 2.24) is 9.78 Å². The van der Waals surface area contributed by atoms with E-state index >= 15 is 0 Å². The Morgan fingerprint density at radius 3 is 3.00 bits per heavy atom. The van der Waals surface area contributed by atoms with Gasteiger partial charge in [0.15, 0.2) is 0 Å². The van der Waals surface area contributed by atoms with E-state index < -0.39 is 0 Å². The first-order valence-corrected chi connectivity index (χ1v) is 4.75. The molecule has 0 N–H and O–H groups in total. The summed E-state index contributed by atoms with van der Waals surface area (Å²) in [5.41, 5.74) is 1.08. The van der Waals surface area contributed by atoms with Crippen molar-refractivity contribution in [3.05, 3.63) is 40.3 Å². The maximum Gasteiger partial charge on any atom is 0.0752 e. The molecule has 0 atom stereocenters. The van der Waals surface area contributed by atoms with Gasteiger partial charge < -0.3 is 0 Å².